The number of benzene rings is 1. The van der Waals surface area contributed by atoms with Gasteiger partial charge in [0.2, 0.25) is 0 Å². The summed E-state index contributed by atoms with van der Waals surface area (Å²) in [5, 5.41) is 6.83. The molecule has 0 aliphatic carbocycles. The van der Waals surface area contributed by atoms with Crippen LogP contribution in [0.5, 0.6) is 5.75 Å². The van der Waals surface area contributed by atoms with E-state index in [0.29, 0.717) is 26.4 Å². The molecule has 1 aliphatic rings. The number of unbranched alkanes of at least 4 members (excludes halogenated alkanes) is 1. The average molecular weight is 434 g/mol. The zero-order valence-corrected chi connectivity index (χ0v) is 20.1. The minimum Gasteiger partial charge on any atom is -0.491 e. The number of aliphatic imine (C=N–C) groups is 1. The molecular formula is C24H43N5O2. The highest BCUT2D eigenvalue weighted by molar-refractivity contribution is 5.79. The Morgan fingerprint density at radius 3 is 2.61 bits per heavy atom. The van der Waals surface area contributed by atoms with Crippen LogP contribution in [0.1, 0.15) is 37.8 Å². The first-order valence-electron chi connectivity index (χ1n) is 11.9. The number of likely N-dealkylation sites (N-methyl/N-ethyl adjacent to an activating group) is 1. The van der Waals surface area contributed by atoms with Gasteiger partial charge in [-0.05, 0) is 58.8 Å². The summed E-state index contributed by atoms with van der Waals surface area (Å²) in [6, 6.07) is 6.29. The Morgan fingerprint density at radius 1 is 1.06 bits per heavy atom. The third kappa shape index (κ3) is 10.4. The fourth-order valence-corrected chi connectivity index (χ4v) is 3.53. The van der Waals surface area contributed by atoms with Crippen LogP contribution >= 0.6 is 0 Å². The van der Waals surface area contributed by atoms with E-state index in [0.717, 1.165) is 36.8 Å². The first-order chi connectivity index (χ1) is 15.1. The fourth-order valence-electron chi connectivity index (χ4n) is 3.53. The summed E-state index contributed by atoms with van der Waals surface area (Å²) >= 11 is 0. The van der Waals surface area contributed by atoms with Crippen molar-refractivity contribution in [3.63, 3.8) is 0 Å². The summed E-state index contributed by atoms with van der Waals surface area (Å²) in [6.45, 7) is 16.4. The van der Waals surface area contributed by atoms with Crippen LogP contribution < -0.4 is 15.4 Å². The molecular weight excluding hydrogens is 390 g/mol. The van der Waals surface area contributed by atoms with Gasteiger partial charge in [-0.15, -0.1) is 0 Å². The van der Waals surface area contributed by atoms with Gasteiger partial charge in [0.25, 0.3) is 0 Å². The van der Waals surface area contributed by atoms with Gasteiger partial charge in [0.05, 0.1) is 13.2 Å². The third-order valence-electron chi connectivity index (χ3n) is 5.45. The van der Waals surface area contributed by atoms with Gasteiger partial charge in [-0.3, -0.25) is 0 Å². The smallest absolute Gasteiger partial charge is 0.191 e. The van der Waals surface area contributed by atoms with Crippen LogP contribution in [0.15, 0.2) is 23.2 Å². The molecule has 31 heavy (non-hydrogen) atoms. The predicted octanol–water partition coefficient (Wildman–Crippen LogP) is 2.49. The van der Waals surface area contributed by atoms with E-state index in [2.05, 4.69) is 59.5 Å². The maximum Gasteiger partial charge on any atom is 0.191 e. The van der Waals surface area contributed by atoms with E-state index >= 15 is 0 Å². The second-order valence-electron chi connectivity index (χ2n) is 8.13. The zero-order chi connectivity index (χ0) is 22.3. The third-order valence-corrected chi connectivity index (χ3v) is 5.45. The second kappa shape index (κ2) is 15.1. The Morgan fingerprint density at radius 2 is 1.87 bits per heavy atom. The molecule has 176 valence electrons. The van der Waals surface area contributed by atoms with Crippen LogP contribution in [0.4, 0.5) is 0 Å². The average Bonchev–Trinajstić information content (AvgIpc) is 2.77. The van der Waals surface area contributed by atoms with E-state index in [1.165, 1.54) is 44.7 Å². The van der Waals surface area contributed by atoms with Crippen molar-refractivity contribution in [2.24, 2.45) is 4.99 Å². The van der Waals surface area contributed by atoms with Crippen LogP contribution in [0, 0.1) is 6.92 Å². The van der Waals surface area contributed by atoms with Crippen molar-refractivity contribution in [1.29, 1.82) is 0 Å². The number of ether oxygens (including phenoxy) is 2. The van der Waals surface area contributed by atoms with Crippen molar-refractivity contribution in [2.45, 2.75) is 40.2 Å². The number of aryl methyl sites for hydroxylation is 1. The summed E-state index contributed by atoms with van der Waals surface area (Å²) < 4.78 is 11.3. The van der Waals surface area contributed by atoms with Crippen LogP contribution in [0.2, 0.25) is 0 Å². The van der Waals surface area contributed by atoms with Gasteiger partial charge in [-0.1, -0.05) is 12.1 Å². The fraction of sp³-hybridized carbons (Fsp3) is 0.708. The van der Waals surface area contributed by atoms with E-state index < -0.39 is 0 Å². The molecule has 1 aliphatic heterocycles. The molecule has 7 nitrogen and oxygen atoms in total. The Kier molecular flexibility index (Phi) is 12.3. The topological polar surface area (TPSA) is 61.4 Å². The van der Waals surface area contributed by atoms with Gasteiger partial charge in [-0.2, -0.15) is 0 Å². The lowest BCUT2D eigenvalue weighted by molar-refractivity contribution is 0.110. The number of guanidine groups is 1. The van der Waals surface area contributed by atoms with Crippen LogP contribution in [-0.4, -0.2) is 88.4 Å². The van der Waals surface area contributed by atoms with Gasteiger partial charge in [0.15, 0.2) is 5.96 Å². The molecule has 1 aromatic rings. The number of rotatable bonds is 13. The molecule has 0 amide bonds. The monoisotopic (exact) mass is 433 g/mol. The van der Waals surface area contributed by atoms with Gasteiger partial charge < -0.3 is 29.9 Å². The van der Waals surface area contributed by atoms with E-state index in [1.807, 2.05) is 6.92 Å². The second-order valence-corrected chi connectivity index (χ2v) is 8.13. The lowest BCUT2D eigenvalue weighted by Gasteiger charge is -2.32. The number of hydrogen-bond donors (Lipinski definition) is 2. The summed E-state index contributed by atoms with van der Waals surface area (Å²) in [5.41, 5.74) is 2.28. The highest BCUT2D eigenvalue weighted by atomic mass is 16.5. The molecule has 0 unspecified atom stereocenters. The molecule has 7 heteroatoms. The van der Waals surface area contributed by atoms with E-state index in [-0.39, 0.29) is 0 Å². The highest BCUT2D eigenvalue weighted by Crippen LogP contribution is 2.21. The van der Waals surface area contributed by atoms with Crippen molar-refractivity contribution < 1.29 is 9.47 Å². The van der Waals surface area contributed by atoms with Gasteiger partial charge >= 0.3 is 0 Å². The Labute approximate surface area is 189 Å². The first-order valence-corrected chi connectivity index (χ1v) is 11.9. The molecule has 1 heterocycles. The van der Waals surface area contributed by atoms with Gasteiger partial charge in [0, 0.05) is 51.4 Å². The minimum atomic E-state index is 0.555. The molecule has 2 rings (SSSR count). The minimum absolute atomic E-state index is 0.555. The standard InChI is InChI=1S/C24H43N5O2/c1-5-25-24(26-11-7-8-12-29-15-13-28(4)14-16-29)27-20-22-10-9-21(3)19-23(22)31-18-17-30-6-2/h9-10,19H,5-8,11-18,20H2,1-4H3,(H2,25,26,27). The molecule has 0 radical (unpaired) electrons. The molecule has 0 aromatic heterocycles. The van der Waals surface area contributed by atoms with E-state index in [1.54, 1.807) is 0 Å². The lowest BCUT2D eigenvalue weighted by Crippen LogP contribution is -2.44. The maximum atomic E-state index is 5.95. The SMILES string of the molecule is CCNC(=NCc1ccc(C)cc1OCCOCC)NCCCCN1CCN(C)CC1. The van der Waals surface area contributed by atoms with Crippen LogP contribution in [0.3, 0.4) is 0 Å². The molecule has 0 saturated carbocycles. The number of piperazine rings is 1. The number of hydrogen-bond acceptors (Lipinski definition) is 5. The van der Waals surface area contributed by atoms with E-state index in [4.69, 9.17) is 14.5 Å². The summed E-state index contributed by atoms with van der Waals surface area (Å²) in [5.74, 6) is 1.76. The Balaban J connectivity index is 1.78. The van der Waals surface area contributed by atoms with Crippen molar-refractivity contribution >= 4 is 5.96 Å². The quantitative estimate of drug-likeness (QED) is 0.283. The normalized spacial score (nSPS) is 15.8. The first kappa shape index (κ1) is 25.4. The van der Waals surface area contributed by atoms with Crippen molar-refractivity contribution in [3.05, 3.63) is 29.3 Å². The maximum absolute atomic E-state index is 5.95. The number of nitrogens with one attached hydrogen (secondary N) is 2. The molecule has 1 fully saturated rings. The van der Waals surface area contributed by atoms with Crippen molar-refractivity contribution in [1.82, 2.24) is 20.4 Å². The largest absolute Gasteiger partial charge is 0.491 e. The Hall–Kier alpha value is -1.83. The molecule has 1 aromatic carbocycles. The van der Waals surface area contributed by atoms with E-state index in [9.17, 15) is 0 Å². The predicted molar refractivity (Wildman–Crippen MR) is 129 cm³/mol. The molecule has 0 bridgehead atoms. The van der Waals surface area contributed by atoms with Crippen molar-refractivity contribution in [2.75, 3.05) is 72.7 Å². The molecule has 2 N–H and O–H groups in total. The van der Waals surface area contributed by atoms with Gasteiger partial charge in [-0.25, -0.2) is 4.99 Å². The zero-order valence-electron chi connectivity index (χ0n) is 20.1. The number of nitrogens with zero attached hydrogens (tertiary/aromatic N) is 3. The summed E-state index contributed by atoms with van der Waals surface area (Å²) in [7, 11) is 2.20. The molecule has 0 atom stereocenters. The van der Waals surface area contributed by atoms with Crippen LogP contribution in [-0.2, 0) is 11.3 Å². The lowest BCUT2D eigenvalue weighted by atomic mass is 10.1. The summed E-state index contributed by atoms with van der Waals surface area (Å²) in [4.78, 5) is 9.76. The summed E-state index contributed by atoms with van der Waals surface area (Å²) in [6.07, 6.45) is 2.36. The highest BCUT2D eigenvalue weighted by Gasteiger charge is 2.12. The molecule has 1 saturated heterocycles. The van der Waals surface area contributed by atoms with Gasteiger partial charge in [0.1, 0.15) is 12.4 Å². The molecule has 0 spiro atoms. The van der Waals surface area contributed by atoms with Crippen molar-refractivity contribution in [3.8, 4) is 5.75 Å². The Bertz CT molecular complexity index is 645. The van der Waals surface area contributed by atoms with Crippen LogP contribution in [0.25, 0.3) is 0 Å².